The molecule has 0 spiro atoms. The average Bonchev–Trinajstić information content (AvgIpc) is 4.22. The molecule has 0 aromatic heterocycles. The van der Waals surface area contributed by atoms with Crippen LogP contribution in [0, 0.1) is 11.8 Å². The first-order valence-electron chi connectivity index (χ1n) is 26.6. The molecule has 5 N–H and O–H groups in total. The zero-order valence-corrected chi connectivity index (χ0v) is 45.0. The quantitative estimate of drug-likeness (QED) is 0.0363. The number of hydrogen-bond donors (Lipinski definition) is 5. The molecule has 5 aliphatic heterocycles. The van der Waals surface area contributed by atoms with Crippen molar-refractivity contribution in [2.45, 2.75) is 89.8 Å². The van der Waals surface area contributed by atoms with Gasteiger partial charge >= 0.3 is 11.8 Å². The van der Waals surface area contributed by atoms with Gasteiger partial charge in [0.05, 0.1) is 48.8 Å². The maximum absolute atomic E-state index is 14.1. The number of unbranched alkanes of at least 4 members (excludes halogenated alkanes) is 1. The van der Waals surface area contributed by atoms with Gasteiger partial charge < -0.3 is 50.4 Å². The Morgan fingerprint density at radius 1 is 0.679 bits per heavy atom. The van der Waals surface area contributed by atoms with Crippen molar-refractivity contribution in [3.05, 3.63) is 124 Å². The Labute approximate surface area is 466 Å². The summed E-state index contributed by atoms with van der Waals surface area (Å²) < 4.78 is 24.4. The maximum atomic E-state index is 14.1. The van der Waals surface area contributed by atoms with Crippen LogP contribution in [0.1, 0.15) is 82.5 Å². The third-order valence-corrected chi connectivity index (χ3v) is 14.6. The number of nitrogens with one attached hydrogen (secondary N) is 5. The predicted molar refractivity (Wildman–Crippen MR) is 299 cm³/mol. The highest BCUT2D eigenvalue weighted by Gasteiger charge is 2.39. The third-order valence-electron chi connectivity index (χ3n) is 14.6. The smallest absolute Gasteiger partial charge is 0.306 e. The molecule has 0 radical (unpaired) electrons. The van der Waals surface area contributed by atoms with Gasteiger partial charge in [-0.05, 0) is 97.8 Å². The van der Waals surface area contributed by atoms with Gasteiger partial charge in [0.15, 0.2) is 23.0 Å². The lowest BCUT2D eigenvalue weighted by atomic mass is 10.1. The van der Waals surface area contributed by atoms with Crippen molar-refractivity contribution >= 4 is 81.9 Å². The first kappa shape index (κ1) is 54.6. The predicted octanol–water partition coefficient (Wildman–Crippen LogP) is 5.14. The number of carbonyl (C=O) groups excluding carboxylic acids is 8. The minimum absolute atomic E-state index is 0.00836. The van der Waals surface area contributed by atoms with Crippen molar-refractivity contribution in [3.63, 3.8) is 0 Å². The SMILES string of the molecule is COc1cc2c(cc1OCc1cc(COc3cc4c(cc3OC)C(=O)N3c5ccccc5C[C@H]3CN4)cc(NC(=O)C(C)NC(=O)C(C)NC(=O)CCCCC(=O)NCCN3C(=O)C#CC3=O)c1)N=C[C@@H]1Cc3ccccc3N1C2=O. The van der Waals surface area contributed by atoms with E-state index >= 15 is 0 Å². The number of amides is 8. The Kier molecular flexibility index (Phi) is 16.0. The second-order valence-electron chi connectivity index (χ2n) is 20.2. The lowest BCUT2D eigenvalue weighted by Crippen LogP contribution is -2.50. The van der Waals surface area contributed by atoms with Crippen molar-refractivity contribution in [2.24, 2.45) is 4.99 Å². The molecule has 0 aliphatic carbocycles. The highest BCUT2D eigenvalue weighted by Crippen LogP contribution is 2.43. The van der Waals surface area contributed by atoms with Crippen molar-refractivity contribution in [2.75, 3.05) is 54.3 Å². The molecule has 0 bridgehead atoms. The van der Waals surface area contributed by atoms with Gasteiger partial charge in [-0.25, -0.2) is 0 Å². The summed E-state index contributed by atoms with van der Waals surface area (Å²) in [5.41, 5.74) is 7.23. The fourth-order valence-electron chi connectivity index (χ4n) is 10.5. The summed E-state index contributed by atoms with van der Waals surface area (Å²) in [6, 6.07) is 25.3. The van der Waals surface area contributed by atoms with Crippen molar-refractivity contribution in [1.82, 2.24) is 20.9 Å². The van der Waals surface area contributed by atoms with Crippen LogP contribution in [-0.2, 0) is 54.8 Å². The third kappa shape index (κ3) is 11.9. The average molecular weight is 1100 g/mol. The number of benzene rings is 5. The molecule has 10 rings (SSSR count). The van der Waals surface area contributed by atoms with Crippen molar-refractivity contribution < 1.29 is 57.3 Å². The summed E-state index contributed by atoms with van der Waals surface area (Å²) in [4.78, 5) is 113. The second kappa shape index (κ2) is 23.7. The fourth-order valence-corrected chi connectivity index (χ4v) is 10.5. The first-order chi connectivity index (χ1) is 39.2. The topological polar surface area (TPSA) is 256 Å². The summed E-state index contributed by atoms with van der Waals surface area (Å²) in [7, 11) is 2.98. The number of carbonyl (C=O) groups is 8. The normalized spacial score (nSPS) is 16.8. The van der Waals surface area contributed by atoms with Gasteiger partial charge in [0.25, 0.3) is 11.8 Å². The molecule has 21 nitrogen and oxygen atoms in total. The number of hydrogen-bond acceptors (Lipinski definition) is 14. The van der Waals surface area contributed by atoms with E-state index < -0.39 is 41.6 Å². The second-order valence-corrected chi connectivity index (χ2v) is 20.2. The lowest BCUT2D eigenvalue weighted by molar-refractivity contribution is -0.136. The molecule has 2 unspecified atom stereocenters. The van der Waals surface area contributed by atoms with E-state index in [-0.39, 0.29) is 69.0 Å². The Balaban J connectivity index is 0.804. The van der Waals surface area contributed by atoms with E-state index in [0.717, 1.165) is 33.8 Å². The summed E-state index contributed by atoms with van der Waals surface area (Å²) in [6.45, 7) is 3.50. The van der Waals surface area contributed by atoms with Crippen LogP contribution >= 0.6 is 0 Å². The molecule has 5 aromatic rings. The van der Waals surface area contributed by atoms with Crippen molar-refractivity contribution in [1.29, 1.82) is 0 Å². The lowest BCUT2D eigenvalue weighted by Gasteiger charge is -2.22. The van der Waals surface area contributed by atoms with E-state index in [1.54, 1.807) is 47.5 Å². The molecule has 8 amide bonds. The van der Waals surface area contributed by atoms with Crippen LogP contribution in [0.2, 0.25) is 0 Å². The molecule has 21 heteroatoms. The maximum Gasteiger partial charge on any atom is 0.306 e. The van der Waals surface area contributed by atoms with E-state index in [2.05, 4.69) is 38.4 Å². The van der Waals surface area contributed by atoms with E-state index in [0.29, 0.717) is 88.1 Å². The van der Waals surface area contributed by atoms with Gasteiger partial charge in [-0.15, -0.1) is 0 Å². The van der Waals surface area contributed by atoms with Gasteiger partial charge in [0.1, 0.15) is 25.3 Å². The molecule has 416 valence electrons. The zero-order chi connectivity index (χ0) is 56.9. The molecule has 5 heterocycles. The summed E-state index contributed by atoms with van der Waals surface area (Å²) in [5.74, 6) is 2.15. The number of rotatable bonds is 21. The first-order valence-corrected chi connectivity index (χ1v) is 26.6. The number of aliphatic imine (C=N–C) groups is 1. The van der Waals surface area contributed by atoms with E-state index in [1.165, 1.54) is 28.1 Å². The number of nitrogens with zero attached hydrogens (tertiary/aromatic N) is 4. The number of fused-ring (bicyclic) bond motifs is 8. The van der Waals surface area contributed by atoms with Crippen LogP contribution in [0.25, 0.3) is 0 Å². The van der Waals surface area contributed by atoms with E-state index in [1.807, 2.05) is 59.5 Å². The number of imide groups is 1. The molecule has 5 aromatic carbocycles. The highest BCUT2D eigenvalue weighted by atomic mass is 16.5. The van der Waals surface area contributed by atoms with E-state index in [9.17, 15) is 38.4 Å². The number of anilines is 4. The van der Waals surface area contributed by atoms with Crippen LogP contribution in [0.15, 0.2) is 96.0 Å². The molecule has 0 fully saturated rings. The highest BCUT2D eigenvalue weighted by molar-refractivity contribution is 6.18. The molecule has 0 saturated heterocycles. The van der Waals surface area contributed by atoms with Gasteiger partial charge in [0.2, 0.25) is 23.6 Å². The fraction of sp³-hybridized carbons (Fsp3) is 0.317. The number of ether oxygens (including phenoxy) is 4. The summed E-state index contributed by atoms with van der Waals surface area (Å²) >= 11 is 0. The van der Waals surface area contributed by atoms with Crippen LogP contribution < -0.4 is 55.3 Å². The molecule has 0 saturated carbocycles. The van der Waals surface area contributed by atoms with Gasteiger partial charge in [0, 0.05) is 86.1 Å². The summed E-state index contributed by atoms with van der Waals surface area (Å²) in [6.07, 6.45) is 3.99. The zero-order valence-electron chi connectivity index (χ0n) is 45.0. The van der Waals surface area contributed by atoms with Crippen LogP contribution in [0.5, 0.6) is 23.0 Å². The van der Waals surface area contributed by atoms with Gasteiger partial charge in [-0.3, -0.25) is 53.1 Å². The largest absolute Gasteiger partial charge is 0.493 e. The van der Waals surface area contributed by atoms with Crippen molar-refractivity contribution in [3.8, 4) is 34.8 Å². The van der Waals surface area contributed by atoms with E-state index in [4.69, 9.17) is 23.9 Å². The van der Waals surface area contributed by atoms with Crippen LogP contribution in [0.4, 0.5) is 28.4 Å². The Hall–Kier alpha value is -9.71. The Morgan fingerprint density at radius 2 is 1.27 bits per heavy atom. The Bertz CT molecular complexity index is 3480. The van der Waals surface area contributed by atoms with Gasteiger partial charge in [-0.2, -0.15) is 0 Å². The van der Waals surface area contributed by atoms with Crippen LogP contribution in [0.3, 0.4) is 0 Å². The molecular formula is C60H59N9O12. The molecule has 4 atom stereocenters. The minimum atomic E-state index is -1.07. The molecule has 81 heavy (non-hydrogen) atoms. The minimum Gasteiger partial charge on any atom is -0.493 e. The summed E-state index contributed by atoms with van der Waals surface area (Å²) in [5, 5.41) is 14.3. The standard InChI is InChI=1S/C60H59N9O12/c1-34(64-54(71)16-10-9-15-53(70)61-19-20-67-55(72)17-18-56(67)73)57(74)65-35(2)58(75)66-40-22-36(32-80-51-28-45-43(26-49(51)78-3)59(76)68-41(30-62-45)24-38-11-5-7-13-47(38)68)21-37(23-40)33-81-52-29-46-44(27-50(52)79-4)60(77)69-42(31-63-46)25-39-12-6-8-14-48(39)69/h5-8,11-14,21-23,26-30,34-35,41-42,63H,9-10,15-16,19-20,24-25,31-33H2,1-4H3,(H,61,70)(H,64,71)(H,65,74)(H,66,75)/t34?,35?,41-,42-/m0/s1. The Morgan fingerprint density at radius 3 is 1.95 bits per heavy atom. The number of methoxy groups -OCH3 is 2. The van der Waals surface area contributed by atoms with Gasteiger partial charge in [-0.1, -0.05) is 36.4 Å². The van der Waals surface area contributed by atoms with Crippen LogP contribution in [-0.4, -0.2) is 116 Å². The molecule has 5 aliphatic rings. The monoisotopic (exact) mass is 1100 g/mol. The molecular weight excluding hydrogens is 1040 g/mol. The number of para-hydroxylation sites is 2.